The van der Waals surface area contributed by atoms with E-state index in [4.69, 9.17) is 9.47 Å². The Morgan fingerprint density at radius 3 is 2.22 bits per heavy atom. The predicted octanol–water partition coefficient (Wildman–Crippen LogP) is 0.919. The van der Waals surface area contributed by atoms with E-state index >= 15 is 0 Å². The highest BCUT2D eigenvalue weighted by atomic mass is 79.9. The second-order valence-corrected chi connectivity index (χ2v) is 6.47. The summed E-state index contributed by atoms with van der Waals surface area (Å²) in [6, 6.07) is 3.55. The van der Waals surface area contributed by atoms with Gasteiger partial charge in [0.15, 0.2) is 17.3 Å². The molecule has 0 aromatic heterocycles. The number of Topliss-reactive ketones (excluding diaryl/α,β-unsaturated/α-hetero) is 1. The Bertz CT molecular complexity index is 517. The molecule has 0 spiro atoms. The van der Waals surface area contributed by atoms with Crippen LogP contribution in [0.4, 0.5) is 0 Å². The van der Waals surface area contributed by atoms with Gasteiger partial charge in [-0.15, -0.1) is 0 Å². The topological polar surface area (TPSA) is 38.8 Å². The van der Waals surface area contributed by atoms with E-state index in [0.29, 0.717) is 23.5 Å². The number of hydrogen-bond acceptors (Lipinski definition) is 4. The number of hydrogen-bond donors (Lipinski definition) is 0. The molecule has 1 heterocycles. The molecule has 1 aromatic rings. The van der Waals surface area contributed by atoms with Crippen LogP contribution >= 0.6 is 15.9 Å². The lowest BCUT2D eigenvalue weighted by atomic mass is 10.1. The van der Waals surface area contributed by atoms with Gasteiger partial charge in [-0.3, -0.25) is 4.79 Å². The van der Waals surface area contributed by atoms with Crippen LogP contribution in [-0.4, -0.2) is 44.5 Å². The number of nitrogens with zero attached hydrogens (tertiary/aromatic N) is 1. The summed E-state index contributed by atoms with van der Waals surface area (Å²) in [4.78, 5) is 14.9. The van der Waals surface area contributed by atoms with Crippen molar-refractivity contribution in [3.05, 3.63) is 22.2 Å². The van der Waals surface area contributed by atoms with Gasteiger partial charge in [0.05, 0.1) is 14.2 Å². The number of likely N-dealkylation sites (tertiary alicyclic amines) is 1. The van der Waals surface area contributed by atoms with Crippen LogP contribution in [0.15, 0.2) is 16.6 Å². The average molecular weight is 406 g/mol. The Hall–Kier alpha value is -0.780. The number of carbonyl (C=O) groups excluding carboxylic acids is 1. The van der Waals surface area contributed by atoms with E-state index < -0.39 is 0 Å². The average Bonchev–Trinajstić information content (AvgIpc) is 2.81. The quantitative estimate of drug-likeness (QED) is 0.660. The van der Waals surface area contributed by atoms with Gasteiger partial charge >= 0.3 is 0 Å². The van der Waals surface area contributed by atoms with Crippen molar-refractivity contribution in [3.63, 3.8) is 0 Å². The SMILES string of the molecule is COc1cc(Br)c(C(=O)CCN2CCCCCC2)cc1OC.[Cl-]. The van der Waals surface area contributed by atoms with Crippen LogP contribution < -0.4 is 21.9 Å². The second-order valence-electron chi connectivity index (χ2n) is 5.62. The number of ether oxygens (including phenoxy) is 2. The van der Waals surface area contributed by atoms with Crippen LogP contribution in [0.1, 0.15) is 42.5 Å². The number of benzene rings is 1. The maximum atomic E-state index is 12.5. The largest absolute Gasteiger partial charge is 1.00 e. The van der Waals surface area contributed by atoms with Gasteiger partial charge in [0.2, 0.25) is 0 Å². The summed E-state index contributed by atoms with van der Waals surface area (Å²) >= 11 is 3.46. The summed E-state index contributed by atoms with van der Waals surface area (Å²) in [5.74, 6) is 1.35. The Kier molecular flexibility index (Phi) is 8.95. The first-order chi connectivity index (χ1) is 10.7. The smallest absolute Gasteiger partial charge is 0.165 e. The van der Waals surface area contributed by atoms with E-state index in [1.807, 2.05) is 0 Å². The molecule has 0 N–H and O–H groups in total. The molecular formula is C17H24BrClNO3-. The molecular weight excluding hydrogens is 382 g/mol. The van der Waals surface area contributed by atoms with E-state index in [0.717, 1.165) is 24.1 Å². The molecule has 4 nitrogen and oxygen atoms in total. The van der Waals surface area contributed by atoms with E-state index in [9.17, 15) is 4.79 Å². The summed E-state index contributed by atoms with van der Waals surface area (Å²) in [6.45, 7) is 3.06. The standard InChI is InChI=1S/C17H24BrNO3.ClH/c1-21-16-11-13(14(18)12-17(16)22-2)15(20)7-10-19-8-5-3-4-6-9-19;/h11-12H,3-10H2,1-2H3;1H/p-1. The van der Waals surface area contributed by atoms with Crippen LogP contribution in [0.5, 0.6) is 11.5 Å². The lowest BCUT2D eigenvalue weighted by molar-refractivity contribution is -0.0000130. The number of carbonyl (C=O) groups is 1. The normalized spacial score (nSPS) is 15.4. The maximum absolute atomic E-state index is 12.5. The van der Waals surface area contributed by atoms with Crippen LogP contribution in [0.2, 0.25) is 0 Å². The summed E-state index contributed by atoms with van der Waals surface area (Å²) in [7, 11) is 3.17. The van der Waals surface area contributed by atoms with Crippen molar-refractivity contribution >= 4 is 21.7 Å². The third-order valence-electron chi connectivity index (χ3n) is 4.13. The first kappa shape index (κ1) is 20.3. The predicted molar refractivity (Wildman–Crippen MR) is 91.1 cm³/mol. The fourth-order valence-electron chi connectivity index (χ4n) is 2.82. The Morgan fingerprint density at radius 1 is 1.09 bits per heavy atom. The molecule has 1 saturated heterocycles. The van der Waals surface area contributed by atoms with Crippen LogP contribution in [0, 0.1) is 0 Å². The van der Waals surface area contributed by atoms with E-state index in [2.05, 4.69) is 20.8 Å². The highest BCUT2D eigenvalue weighted by Crippen LogP contribution is 2.33. The monoisotopic (exact) mass is 404 g/mol. The second kappa shape index (κ2) is 10.2. The number of ketones is 1. The Morgan fingerprint density at radius 2 is 1.65 bits per heavy atom. The van der Waals surface area contributed by atoms with Gasteiger partial charge in [-0.25, -0.2) is 0 Å². The molecule has 1 aromatic carbocycles. The molecule has 23 heavy (non-hydrogen) atoms. The van der Waals surface area contributed by atoms with Crippen LogP contribution in [-0.2, 0) is 0 Å². The number of rotatable bonds is 6. The van der Waals surface area contributed by atoms with E-state index in [1.165, 1.54) is 25.7 Å². The summed E-state index contributed by atoms with van der Waals surface area (Å²) in [5.41, 5.74) is 0.660. The number of halogens is 2. The maximum Gasteiger partial charge on any atom is 0.165 e. The molecule has 0 bridgehead atoms. The van der Waals surface area contributed by atoms with Crippen molar-refractivity contribution in [2.45, 2.75) is 32.1 Å². The first-order valence-electron chi connectivity index (χ1n) is 7.82. The molecule has 0 aliphatic carbocycles. The van der Waals surface area contributed by atoms with Crippen LogP contribution in [0.25, 0.3) is 0 Å². The van der Waals surface area contributed by atoms with Crippen molar-refractivity contribution in [1.82, 2.24) is 4.90 Å². The fourth-order valence-corrected chi connectivity index (χ4v) is 3.37. The molecule has 0 saturated carbocycles. The van der Waals surface area contributed by atoms with Crippen molar-refractivity contribution in [2.75, 3.05) is 33.9 Å². The minimum absolute atomic E-state index is 0. The molecule has 0 atom stereocenters. The molecule has 6 heteroatoms. The molecule has 1 aliphatic heterocycles. The summed E-state index contributed by atoms with van der Waals surface area (Å²) < 4.78 is 11.3. The lowest BCUT2D eigenvalue weighted by Crippen LogP contribution is -3.00. The third-order valence-corrected chi connectivity index (χ3v) is 4.78. The molecule has 0 radical (unpaired) electrons. The summed E-state index contributed by atoms with van der Waals surface area (Å²) in [5, 5.41) is 0. The lowest BCUT2D eigenvalue weighted by Gasteiger charge is -2.19. The van der Waals surface area contributed by atoms with E-state index in [-0.39, 0.29) is 18.2 Å². The molecule has 0 unspecified atom stereocenters. The fraction of sp³-hybridized carbons (Fsp3) is 0.588. The molecule has 1 aliphatic rings. The van der Waals surface area contributed by atoms with Crippen molar-refractivity contribution in [2.24, 2.45) is 0 Å². The Labute approximate surface area is 153 Å². The molecule has 130 valence electrons. The zero-order valence-corrected chi connectivity index (χ0v) is 16.1. The van der Waals surface area contributed by atoms with Gasteiger partial charge in [-0.2, -0.15) is 0 Å². The third kappa shape index (κ3) is 5.66. The van der Waals surface area contributed by atoms with Gasteiger partial charge in [-0.05, 0) is 54.0 Å². The van der Waals surface area contributed by atoms with Gasteiger partial charge < -0.3 is 26.8 Å². The zero-order chi connectivity index (χ0) is 15.9. The van der Waals surface area contributed by atoms with Crippen molar-refractivity contribution in [1.29, 1.82) is 0 Å². The van der Waals surface area contributed by atoms with Crippen LogP contribution in [0.3, 0.4) is 0 Å². The van der Waals surface area contributed by atoms with Gasteiger partial charge in [0.1, 0.15) is 0 Å². The van der Waals surface area contributed by atoms with E-state index in [1.54, 1.807) is 26.4 Å². The number of methoxy groups -OCH3 is 2. The molecule has 0 amide bonds. The van der Waals surface area contributed by atoms with Gasteiger partial charge in [-0.1, -0.05) is 12.8 Å². The molecule has 2 rings (SSSR count). The van der Waals surface area contributed by atoms with Gasteiger partial charge in [0, 0.05) is 23.0 Å². The highest BCUT2D eigenvalue weighted by Gasteiger charge is 2.17. The molecule has 1 fully saturated rings. The van der Waals surface area contributed by atoms with Gasteiger partial charge in [0.25, 0.3) is 0 Å². The van der Waals surface area contributed by atoms with Crippen molar-refractivity contribution in [3.8, 4) is 11.5 Å². The minimum Gasteiger partial charge on any atom is -1.00 e. The Balaban J connectivity index is 0.00000264. The summed E-state index contributed by atoms with van der Waals surface area (Å²) in [6.07, 6.45) is 5.65. The highest BCUT2D eigenvalue weighted by molar-refractivity contribution is 9.10. The van der Waals surface area contributed by atoms with Crippen molar-refractivity contribution < 1.29 is 26.7 Å². The zero-order valence-electron chi connectivity index (χ0n) is 13.7. The first-order valence-corrected chi connectivity index (χ1v) is 8.62. The minimum atomic E-state index is 0.